The number of oxazole rings is 1. The maximum atomic E-state index is 5.74. The third-order valence-electron chi connectivity index (χ3n) is 3.08. The summed E-state index contributed by atoms with van der Waals surface area (Å²) in [5.74, 6) is 1.73. The smallest absolute Gasteiger partial charge is 0.198 e. The molecule has 0 saturated carbocycles. The molecule has 18 heavy (non-hydrogen) atoms. The van der Waals surface area contributed by atoms with E-state index in [0.717, 1.165) is 24.5 Å². The van der Waals surface area contributed by atoms with Crippen molar-refractivity contribution in [3.63, 3.8) is 0 Å². The first-order valence-electron chi connectivity index (χ1n) is 6.34. The third-order valence-corrected chi connectivity index (χ3v) is 3.08. The first-order chi connectivity index (χ1) is 8.67. The molecule has 0 aliphatic rings. The Hall–Kier alpha value is -1.61. The van der Waals surface area contributed by atoms with Crippen LogP contribution in [0.3, 0.4) is 0 Å². The normalized spacial score (nSPS) is 12.6. The number of aryl methyl sites for hydroxylation is 1. The van der Waals surface area contributed by atoms with Crippen molar-refractivity contribution in [2.45, 2.75) is 32.7 Å². The van der Waals surface area contributed by atoms with Crippen molar-refractivity contribution in [3.8, 4) is 0 Å². The summed E-state index contributed by atoms with van der Waals surface area (Å²) in [5.41, 5.74) is 2.50. The summed E-state index contributed by atoms with van der Waals surface area (Å²) in [5, 5.41) is 3.19. The van der Waals surface area contributed by atoms with Crippen LogP contribution in [0.25, 0.3) is 0 Å². The SMILES string of the molecule is CNC(C)Cc1cnc(Cc2ccc(C)cc2)o1. The van der Waals surface area contributed by atoms with Gasteiger partial charge in [0.05, 0.1) is 6.20 Å². The number of hydrogen-bond donors (Lipinski definition) is 1. The molecule has 2 rings (SSSR count). The van der Waals surface area contributed by atoms with Gasteiger partial charge in [-0.05, 0) is 26.5 Å². The monoisotopic (exact) mass is 244 g/mol. The van der Waals surface area contributed by atoms with Gasteiger partial charge in [0.15, 0.2) is 5.89 Å². The van der Waals surface area contributed by atoms with Gasteiger partial charge in [0.1, 0.15) is 5.76 Å². The Morgan fingerprint density at radius 1 is 1.28 bits per heavy atom. The van der Waals surface area contributed by atoms with Crippen LogP contribution in [0.2, 0.25) is 0 Å². The molecule has 0 bridgehead atoms. The lowest BCUT2D eigenvalue weighted by Crippen LogP contribution is -2.23. The molecular formula is C15H20N2O. The molecule has 0 aliphatic heterocycles. The van der Waals surface area contributed by atoms with Crippen LogP contribution in [0.15, 0.2) is 34.9 Å². The average molecular weight is 244 g/mol. The van der Waals surface area contributed by atoms with E-state index in [0.29, 0.717) is 6.04 Å². The summed E-state index contributed by atoms with van der Waals surface area (Å²) >= 11 is 0. The van der Waals surface area contributed by atoms with Crippen LogP contribution in [0.1, 0.15) is 29.7 Å². The maximum Gasteiger partial charge on any atom is 0.198 e. The topological polar surface area (TPSA) is 38.1 Å². The summed E-state index contributed by atoms with van der Waals surface area (Å²) in [4.78, 5) is 4.33. The third kappa shape index (κ3) is 3.44. The predicted molar refractivity (Wildman–Crippen MR) is 72.7 cm³/mol. The Labute approximate surface area is 108 Å². The molecule has 0 fully saturated rings. The molecule has 1 aromatic carbocycles. The van der Waals surface area contributed by atoms with Gasteiger partial charge in [-0.3, -0.25) is 0 Å². The zero-order valence-electron chi connectivity index (χ0n) is 11.2. The molecule has 1 unspecified atom stereocenters. The standard InChI is InChI=1S/C15H20N2O/c1-11-4-6-13(7-5-11)9-15-17-10-14(18-15)8-12(2)16-3/h4-7,10,12,16H,8-9H2,1-3H3. The fourth-order valence-electron chi connectivity index (χ4n) is 1.81. The number of rotatable bonds is 5. The van der Waals surface area contributed by atoms with E-state index in [2.05, 4.69) is 48.4 Å². The first kappa shape index (κ1) is 12.8. The van der Waals surface area contributed by atoms with E-state index in [4.69, 9.17) is 4.42 Å². The van der Waals surface area contributed by atoms with Gasteiger partial charge in [-0.15, -0.1) is 0 Å². The Morgan fingerprint density at radius 3 is 2.67 bits per heavy atom. The molecule has 1 N–H and O–H groups in total. The van der Waals surface area contributed by atoms with Crippen molar-refractivity contribution in [1.29, 1.82) is 0 Å². The van der Waals surface area contributed by atoms with Gasteiger partial charge in [-0.2, -0.15) is 0 Å². The van der Waals surface area contributed by atoms with Gasteiger partial charge >= 0.3 is 0 Å². The number of likely N-dealkylation sites (N-methyl/N-ethyl adjacent to an activating group) is 1. The first-order valence-corrected chi connectivity index (χ1v) is 6.34. The highest BCUT2D eigenvalue weighted by molar-refractivity contribution is 5.23. The number of benzene rings is 1. The lowest BCUT2D eigenvalue weighted by molar-refractivity contribution is 0.440. The molecule has 1 aromatic heterocycles. The zero-order valence-corrected chi connectivity index (χ0v) is 11.2. The summed E-state index contributed by atoms with van der Waals surface area (Å²) in [7, 11) is 1.95. The van der Waals surface area contributed by atoms with Crippen molar-refractivity contribution in [2.24, 2.45) is 0 Å². The second-order valence-corrected chi connectivity index (χ2v) is 4.78. The minimum atomic E-state index is 0.408. The lowest BCUT2D eigenvalue weighted by atomic mass is 10.1. The molecule has 0 saturated heterocycles. The van der Waals surface area contributed by atoms with E-state index < -0.39 is 0 Å². The van der Waals surface area contributed by atoms with Gasteiger partial charge in [-0.25, -0.2) is 4.98 Å². The second-order valence-electron chi connectivity index (χ2n) is 4.78. The Bertz CT molecular complexity index is 487. The van der Waals surface area contributed by atoms with Crippen LogP contribution >= 0.6 is 0 Å². The van der Waals surface area contributed by atoms with E-state index in [1.54, 1.807) is 0 Å². The van der Waals surface area contributed by atoms with Crippen molar-refractivity contribution >= 4 is 0 Å². The molecule has 0 amide bonds. The average Bonchev–Trinajstić information content (AvgIpc) is 2.79. The van der Waals surface area contributed by atoms with Gasteiger partial charge in [0, 0.05) is 18.9 Å². The molecule has 3 nitrogen and oxygen atoms in total. The van der Waals surface area contributed by atoms with Crippen LogP contribution in [0.5, 0.6) is 0 Å². The quantitative estimate of drug-likeness (QED) is 0.878. The Morgan fingerprint density at radius 2 is 2.00 bits per heavy atom. The minimum Gasteiger partial charge on any atom is -0.445 e. The molecule has 2 aromatic rings. The van der Waals surface area contributed by atoms with E-state index in [1.165, 1.54) is 11.1 Å². The highest BCUT2D eigenvalue weighted by Gasteiger charge is 2.07. The molecule has 0 radical (unpaired) electrons. The van der Waals surface area contributed by atoms with E-state index in [-0.39, 0.29) is 0 Å². The van der Waals surface area contributed by atoms with Gasteiger partial charge in [0.2, 0.25) is 0 Å². The van der Waals surface area contributed by atoms with Gasteiger partial charge < -0.3 is 9.73 Å². The molecule has 0 aliphatic carbocycles. The molecule has 3 heteroatoms. The van der Waals surface area contributed by atoms with Gasteiger partial charge in [-0.1, -0.05) is 29.8 Å². The lowest BCUT2D eigenvalue weighted by Gasteiger charge is -2.06. The van der Waals surface area contributed by atoms with Crippen LogP contribution in [0.4, 0.5) is 0 Å². The number of nitrogens with one attached hydrogen (secondary N) is 1. The van der Waals surface area contributed by atoms with Crippen molar-refractivity contribution in [1.82, 2.24) is 10.3 Å². The van der Waals surface area contributed by atoms with Crippen LogP contribution in [-0.4, -0.2) is 18.1 Å². The molecule has 96 valence electrons. The van der Waals surface area contributed by atoms with Crippen molar-refractivity contribution in [2.75, 3.05) is 7.05 Å². The van der Waals surface area contributed by atoms with Crippen molar-refractivity contribution in [3.05, 3.63) is 53.2 Å². The molecule has 0 spiro atoms. The Balaban J connectivity index is 2.00. The van der Waals surface area contributed by atoms with E-state index in [1.807, 2.05) is 13.2 Å². The number of aromatic nitrogens is 1. The predicted octanol–water partition coefficient (Wildman–Crippen LogP) is 2.72. The fourth-order valence-corrected chi connectivity index (χ4v) is 1.81. The second kappa shape index (κ2) is 5.83. The van der Waals surface area contributed by atoms with E-state index in [9.17, 15) is 0 Å². The summed E-state index contributed by atoms with van der Waals surface area (Å²) in [6, 6.07) is 8.88. The number of nitrogens with zero attached hydrogens (tertiary/aromatic N) is 1. The zero-order chi connectivity index (χ0) is 13.0. The van der Waals surface area contributed by atoms with Crippen LogP contribution in [-0.2, 0) is 12.8 Å². The highest BCUT2D eigenvalue weighted by atomic mass is 16.4. The molecule has 1 atom stereocenters. The fraction of sp³-hybridized carbons (Fsp3) is 0.400. The summed E-state index contributed by atoms with van der Waals surface area (Å²) in [6.07, 6.45) is 3.46. The minimum absolute atomic E-state index is 0.408. The largest absolute Gasteiger partial charge is 0.445 e. The summed E-state index contributed by atoms with van der Waals surface area (Å²) in [6.45, 7) is 4.22. The number of hydrogen-bond acceptors (Lipinski definition) is 3. The summed E-state index contributed by atoms with van der Waals surface area (Å²) < 4.78 is 5.74. The molecular weight excluding hydrogens is 224 g/mol. The van der Waals surface area contributed by atoms with Crippen molar-refractivity contribution < 1.29 is 4.42 Å². The Kier molecular flexibility index (Phi) is 4.15. The highest BCUT2D eigenvalue weighted by Crippen LogP contribution is 2.12. The van der Waals surface area contributed by atoms with Gasteiger partial charge in [0.25, 0.3) is 0 Å². The van der Waals surface area contributed by atoms with Crippen LogP contribution < -0.4 is 5.32 Å². The maximum absolute atomic E-state index is 5.74. The molecule has 1 heterocycles. The van der Waals surface area contributed by atoms with E-state index >= 15 is 0 Å². The van der Waals surface area contributed by atoms with Crippen LogP contribution in [0, 0.1) is 6.92 Å².